The van der Waals surface area contributed by atoms with Crippen molar-refractivity contribution >= 4 is 15.1 Å². The van der Waals surface area contributed by atoms with Crippen molar-refractivity contribution in [3.05, 3.63) is 0 Å². The van der Waals surface area contributed by atoms with E-state index in [4.69, 9.17) is 0 Å². The number of carbonyl (C=O) groups is 1. The molecule has 3 heteroatoms. The molecule has 66 valence electrons. The van der Waals surface area contributed by atoms with E-state index >= 15 is 0 Å². The van der Waals surface area contributed by atoms with Crippen LogP contribution in [-0.4, -0.2) is 18.6 Å². The zero-order valence-electron chi connectivity index (χ0n) is 7.23. The Morgan fingerprint density at radius 1 is 1.45 bits per heavy atom. The molecule has 0 aliphatic rings. The lowest BCUT2D eigenvalue weighted by atomic mass is 10.2. The molecule has 0 aliphatic heterocycles. The highest BCUT2D eigenvalue weighted by molar-refractivity contribution is 7.16. The maximum atomic E-state index is 11.0. The van der Waals surface area contributed by atoms with Crippen molar-refractivity contribution in [1.82, 2.24) is 5.32 Å². The summed E-state index contributed by atoms with van der Waals surface area (Å²) in [6.45, 7) is 2.92. The molecule has 0 aromatic heterocycles. The molecule has 11 heavy (non-hydrogen) atoms. The Morgan fingerprint density at radius 2 is 2.18 bits per heavy atom. The van der Waals surface area contributed by atoms with Gasteiger partial charge < -0.3 is 5.32 Å². The smallest absolute Gasteiger partial charge is 0.219 e. The highest BCUT2D eigenvalue weighted by atomic mass is 31.0. The first-order valence-corrected chi connectivity index (χ1v) is 5.09. The molecule has 1 atom stereocenters. The number of hydrogen-bond donors (Lipinski definition) is 1. The summed E-state index contributed by atoms with van der Waals surface area (Å²) in [6, 6.07) is 0. The SMILES string of the molecule is CCCCC(=O)NCCCP. The largest absolute Gasteiger partial charge is 0.356 e. The molecular formula is C8H18NOP. The fourth-order valence-electron chi connectivity index (χ4n) is 0.756. The molecule has 0 aliphatic carbocycles. The number of nitrogens with one attached hydrogen (secondary N) is 1. The van der Waals surface area contributed by atoms with E-state index in [1.54, 1.807) is 0 Å². The van der Waals surface area contributed by atoms with Crippen LogP contribution < -0.4 is 5.32 Å². The second-order valence-corrected chi connectivity index (χ2v) is 3.17. The van der Waals surface area contributed by atoms with Crippen LogP contribution in [0.2, 0.25) is 0 Å². The van der Waals surface area contributed by atoms with Gasteiger partial charge in [-0.2, -0.15) is 0 Å². The molecule has 1 N–H and O–H groups in total. The van der Waals surface area contributed by atoms with Crippen LogP contribution in [0.3, 0.4) is 0 Å². The van der Waals surface area contributed by atoms with Crippen LogP contribution in [0.1, 0.15) is 32.6 Å². The van der Waals surface area contributed by atoms with Crippen LogP contribution in [-0.2, 0) is 4.79 Å². The summed E-state index contributed by atoms with van der Waals surface area (Å²) >= 11 is 0. The lowest BCUT2D eigenvalue weighted by Crippen LogP contribution is -2.24. The average Bonchev–Trinajstić information content (AvgIpc) is 2.01. The number of unbranched alkanes of at least 4 members (excludes halogenated alkanes) is 1. The first-order chi connectivity index (χ1) is 5.31. The van der Waals surface area contributed by atoms with Crippen LogP contribution in [0.15, 0.2) is 0 Å². The van der Waals surface area contributed by atoms with Crippen LogP contribution in [0.4, 0.5) is 0 Å². The van der Waals surface area contributed by atoms with E-state index in [9.17, 15) is 4.79 Å². The predicted octanol–water partition coefficient (Wildman–Crippen LogP) is 1.56. The lowest BCUT2D eigenvalue weighted by Gasteiger charge is -2.01. The lowest BCUT2D eigenvalue weighted by molar-refractivity contribution is -0.121. The van der Waals surface area contributed by atoms with Gasteiger partial charge >= 0.3 is 0 Å². The van der Waals surface area contributed by atoms with Crippen molar-refractivity contribution in [3.8, 4) is 0 Å². The third kappa shape index (κ3) is 7.80. The molecule has 0 saturated carbocycles. The van der Waals surface area contributed by atoms with E-state index in [1.807, 2.05) is 0 Å². The Bertz CT molecular complexity index is 106. The van der Waals surface area contributed by atoms with Gasteiger partial charge in [-0.05, 0) is 19.0 Å². The van der Waals surface area contributed by atoms with Gasteiger partial charge in [0, 0.05) is 13.0 Å². The third-order valence-corrected chi connectivity index (χ3v) is 1.87. The number of carbonyl (C=O) groups excluding carboxylic acids is 1. The van der Waals surface area contributed by atoms with Crippen LogP contribution >= 0.6 is 9.24 Å². The molecule has 0 saturated heterocycles. The third-order valence-electron chi connectivity index (χ3n) is 1.46. The highest BCUT2D eigenvalue weighted by Crippen LogP contribution is 1.93. The molecular weight excluding hydrogens is 157 g/mol. The molecule has 0 radical (unpaired) electrons. The normalized spacial score (nSPS) is 9.64. The summed E-state index contributed by atoms with van der Waals surface area (Å²) in [5.41, 5.74) is 0. The van der Waals surface area contributed by atoms with E-state index in [0.29, 0.717) is 6.42 Å². The van der Waals surface area contributed by atoms with Crippen molar-refractivity contribution in [2.75, 3.05) is 12.7 Å². The van der Waals surface area contributed by atoms with E-state index in [1.165, 1.54) is 0 Å². The maximum absolute atomic E-state index is 11.0. The zero-order chi connectivity index (χ0) is 8.53. The van der Waals surface area contributed by atoms with Crippen LogP contribution in [0.25, 0.3) is 0 Å². The quantitative estimate of drug-likeness (QED) is 0.481. The molecule has 0 spiro atoms. The Hall–Kier alpha value is -0.100. The van der Waals surface area contributed by atoms with Gasteiger partial charge in [-0.15, -0.1) is 9.24 Å². The molecule has 0 rings (SSSR count). The van der Waals surface area contributed by atoms with E-state index < -0.39 is 0 Å². The van der Waals surface area contributed by atoms with Gasteiger partial charge in [0.25, 0.3) is 0 Å². The molecule has 1 amide bonds. The van der Waals surface area contributed by atoms with Crippen molar-refractivity contribution < 1.29 is 4.79 Å². The Kier molecular flexibility index (Phi) is 7.93. The Morgan fingerprint density at radius 3 is 2.73 bits per heavy atom. The average molecular weight is 175 g/mol. The second kappa shape index (κ2) is 8.00. The predicted molar refractivity (Wildman–Crippen MR) is 51.7 cm³/mol. The van der Waals surface area contributed by atoms with Crippen molar-refractivity contribution in [2.45, 2.75) is 32.6 Å². The molecule has 0 bridgehead atoms. The van der Waals surface area contributed by atoms with Gasteiger partial charge in [0.1, 0.15) is 0 Å². The molecule has 0 heterocycles. The summed E-state index contributed by atoms with van der Waals surface area (Å²) in [7, 11) is 2.65. The second-order valence-electron chi connectivity index (χ2n) is 2.60. The van der Waals surface area contributed by atoms with Crippen LogP contribution in [0, 0.1) is 0 Å². The van der Waals surface area contributed by atoms with Crippen molar-refractivity contribution in [2.24, 2.45) is 0 Å². The minimum absolute atomic E-state index is 0.199. The Balaban J connectivity index is 3.09. The zero-order valence-corrected chi connectivity index (χ0v) is 8.38. The fraction of sp³-hybridized carbons (Fsp3) is 0.875. The summed E-state index contributed by atoms with van der Waals surface area (Å²) in [4.78, 5) is 11.0. The van der Waals surface area contributed by atoms with E-state index in [-0.39, 0.29) is 5.91 Å². The summed E-state index contributed by atoms with van der Waals surface area (Å²) in [6.07, 6.45) is 4.91. The van der Waals surface area contributed by atoms with Gasteiger partial charge in [-0.25, -0.2) is 0 Å². The summed E-state index contributed by atoms with van der Waals surface area (Å²) in [5.74, 6) is 0.199. The van der Waals surface area contributed by atoms with Gasteiger partial charge in [-0.1, -0.05) is 13.3 Å². The molecule has 0 aromatic rings. The molecule has 2 nitrogen and oxygen atoms in total. The number of rotatable bonds is 6. The summed E-state index contributed by atoms with van der Waals surface area (Å²) < 4.78 is 0. The van der Waals surface area contributed by atoms with E-state index in [0.717, 1.165) is 32.0 Å². The van der Waals surface area contributed by atoms with Gasteiger partial charge in [0.2, 0.25) is 5.91 Å². The summed E-state index contributed by atoms with van der Waals surface area (Å²) in [5, 5.41) is 2.87. The number of amides is 1. The van der Waals surface area contributed by atoms with Crippen molar-refractivity contribution in [1.29, 1.82) is 0 Å². The Labute approximate surface area is 71.3 Å². The monoisotopic (exact) mass is 175 g/mol. The van der Waals surface area contributed by atoms with Gasteiger partial charge in [0.15, 0.2) is 0 Å². The number of hydrogen-bond acceptors (Lipinski definition) is 1. The molecule has 1 unspecified atom stereocenters. The maximum Gasteiger partial charge on any atom is 0.219 e. The molecule has 0 fully saturated rings. The minimum atomic E-state index is 0.199. The van der Waals surface area contributed by atoms with Crippen molar-refractivity contribution in [3.63, 3.8) is 0 Å². The van der Waals surface area contributed by atoms with Gasteiger partial charge in [-0.3, -0.25) is 4.79 Å². The first-order valence-electron chi connectivity index (χ1n) is 4.28. The van der Waals surface area contributed by atoms with Crippen LogP contribution in [0.5, 0.6) is 0 Å². The fourth-order valence-corrected chi connectivity index (χ4v) is 0.960. The first kappa shape index (κ1) is 10.9. The standard InChI is InChI=1S/C8H18NOP/c1-2-3-5-8(10)9-6-4-7-11/h2-7,11H2,1H3,(H,9,10). The van der Waals surface area contributed by atoms with Gasteiger partial charge in [0.05, 0.1) is 0 Å². The van der Waals surface area contributed by atoms with E-state index in [2.05, 4.69) is 21.5 Å². The highest BCUT2D eigenvalue weighted by Gasteiger charge is 1.97. The topological polar surface area (TPSA) is 29.1 Å². The molecule has 0 aromatic carbocycles. The minimum Gasteiger partial charge on any atom is -0.356 e.